The Balaban J connectivity index is 1.87. The highest BCUT2D eigenvalue weighted by atomic mass is 32.2. The highest BCUT2D eigenvalue weighted by Crippen LogP contribution is 2.23. The first-order valence-corrected chi connectivity index (χ1v) is 13.3. The molecular weight excluding hydrogens is 454 g/mol. The van der Waals surface area contributed by atoms with Crippen LogP contribution in [0.3, 0.4) is 0 Å². The smallest absolute Gasteiger partial charge is 0.243 e. The van der Waals surface area contributed by atoms with Crippen LogP contribution in [0.25, 0.3) is 0 Å². The fourth-order valence-electron chi connectivity index (χ4n) is 3.42. The predicted octanol–water partition coefficient (Wildman–Crippen LogP) is 1.13. The average Bonchev–Trinajstić information content (AvgIpc) is 2.82. The molecule has 0 unspecified atom stereocenters. The fourth-order valence-corrected chi connectivity index (χ4v) is 6.42. The molecule has 0 aliphatic carbocycles. The Labute approximate surface area is 190 Å². The van der Waals surface area contributed by atoms with Gasteiger partial charge in [-0.25, -0.2) is 16.8 Å². The first kappa shape index (κ1) is 24.5. The lowest BCUT2D eigenvalue weighted by Crippen LogP contribution is -2.48. The van der Waals surface area contributed by atoms with Gasteiger partial charge in [-0.1, -0.05) is 12.1 Å². The van der Waals surface area contributed by atoms with E-state index >= 15 is 0 Å². The van der Waals surface area contributed by atoms with Gasteiger partial charge in [0.05, 0.1) is 24.9 Å². The van der Waals surface area contributed by atoms with E-state index in [-0.39, 0.29) is 23.7 Å². The van der Waals surface area contributed by atoms with Gasteiger partial charge in [-0.05, 0) is 42.0 Å². The Morgan fingerprint density at radius 2 is 1.59 bits per heavy atom. The lowest BCUT2D eigenvalue weighted by molar-refractivity contribution is 0.355. The Hall–Kier alpha value is -2.18. The van der Waals surface area contributed by atoms with Crippen LogP contribution in [0.15, 0.2) is 53.4 Å². The zero-order valence-electron chi connectivity index (χ0n) is 18.2. The van der Waals surface area contributed by atoms with E-state index in [2.05, 4.69) is 5.32 Å². The van der Waals surface area contributed by atoms with Gasteiger partial charge in [0.2, 0.25) is 20.0 Å². The number of rotatable bonds is 10. The third kappa shape index (κ3) is 5.99. The molecule has 0 spiro atoms. The van der Waals surface area contributed by atoms with Crippen molar-refractivity contribution in [2.75, 3.05) is 52.7 Å². The van der Waals surface area contributed by atoms with E-state index in [0.29, 0.717) is 43.2 Å². The van der Waals surface area contributed by atoms with Gasteiger partial charge in [-0.15, -0.1) is 0 Å². The molecule has 0 atom stereocenters. The Morgan fingerprint density at radius 1 is 0.938 bits per heavy atom. The van der Waals surface area contributed by atoms with Crippen molar-refractivity contribution in [1.29, 1.82) is 0 Å². The molecule has 0 saturated carbocycles. The summed E-state index contributed by atoms with van der Waals surface area (Å²) >= 11 is 0. The summed E-state index contributed by atoms with van der Waals surface area (Å²) < 4.78 is 65.5. The predicted molar refractivity (Wildman–Crippen MR) is 122 cm³/mol. The van der Waals surface area contributed by atoms with Crippen LogP contribution in [0.1, 0.15) is 5.56 Å². The molecule has 1 N–H and O–H groups in total. The van der Waals surface area contributed by atoms with Gasteiger partial charge in [0.1, 0.15) is 11.5 Å². The summed E-state index contributed by atoms with van der Waals surface area (Å²) in [7, 11) is -4.52. The van der Waals surface area contributed by atoms with Crippen LogP contribution >= 0.6 is 0 Å². The second kappa shape index (κ2) is 10.6. The number of hydrogen-bond acceptors (Lipinski definition) is 7. The number of hydrogen-bond donors (Lipinski definition) is 1. The number of nitrogens with one attached hydrogen (secondary N) is 1. The largest absolute Gasteiger partial charge is 0.497 e. The second-order valence-corrected chi connectivity index (χ2v) is 11.4. The van der Waals surface area contributed by atoms with E-state index in [1.165, 1.54) is 35.0 Å². The van der Waals surface area contributed by atoms with E-state index < -0.39 is 20.0 Å². The van der Waals surface area contributed by atoms with Crippen molar-refractivity contribution in [1.82, 2.24) is 13.9 Å². The molecule has 2 aromatic rings. The van der Waals surface area contributed by atoms with Crippen molar-refractivity contribution in [3.63, 3.8) is 0 Å². The molecule has 9 nitrogen and oxygen atoms in total. The molecule has 32 heavy (non-hydrogen) atoms. The average molecular weight is 484 g/mol. The number of methoxy groups -OCH3 is 2. The lowest BCUT2D eigenvalue weighted by Gasteiger charge is -2.28. The minimum atomic E-state index is -3.96. The fraction of sp³-hybridized carbons (Fsp3) is 0.429. The molecule has 176 valence electrons. The maximum atomic E-state index is 13.4. The molecule has 11 heteroatoms. The topological polar surface area (TPSA) is 105 Å². The van der Waals surface area contributed by atoms with E-state index in [9.17, 15) is 16.8 Å². The van der Waals surface area contributed by atoms with Crippen LogP contribution in [0.5, 0.6) is 11.5 Å². The summed E-state index contributed by atoms with van der Waals surface area (Å²) in [6.07, 6.45) is 0. The van der Waals surface area contributed by atoms with Gasteiger partial charge in [-0.3, -0.25) is 0 Å². The summed E-state index contributed by atoms with van der Waals surface area (Å²) in [6.45, 7) is 1.77. The first-order valence-electron chi connectivity index (χ1n) is 10.2. The molecule has 0 bridgehead atoms. The van der Waals surface area contributed by atoms with Gasteiger partial charge >= 0.3 is 0 Å². The number of sulfonamides is 2. The molecule has 0 amide bonds. The van der Waals surface area contributed by atoms with Crippen molar-refractivity contribution >= 4 is 20.0 Å². The van der Waals surface area contributed by atoms with Crippen molar-refractivity contribution in [2.24, 2.45) is 0 Å². The van der Waals surface area contributed by atoms with Crippen LogP contribution in [0.4, 0.5) is 0 Å². The molecule has 1 saturated heterocycles. The molecule has 0 radical (unpaired) electrons. The van der Waals surface area contributed by atoms with E-state index in [1.807, 2.05) is 0 Å². The van der Waals surface area contributed by atoms with Gasteiger partial charge in [0, 0.05) is 39.3 Å². The minimum absolute atomic E-state index is 0.0165. The maximum Gasteiger partial charge on any atom is 0.243 e. The first-order chi connectivity index (χ1) is 15.3. The van der Waals surface area contributed by atoms with Crippen molar-refractivity contribution in [3.05, 3.63) is 54.1 Å². The molecule has 1 fully saturated rings. The van der Waals surface area contributed by atoms with Crippen LogP contribution < -0.4 is 14.8 Å². The molecule has 1 heterocycles. The highest BCUT2D eigenvalue weighted by Gasteiger charge is 2.29. The summed E-state index contributed by atoms with van der Waals surface area (Å²) in [5, 5.41) is 3.12. The molecule has 0 aromatic heterocycles. The lowest BCUT2D eigenvalue weighted by atomic mass is 10.2. The maximum absolute atomic E-state index is 13.4. The number of benzene rings is 2. The zero-order valence-corrected chi connectivity index (χ0v) is 19.9. The number of nitrogens with zero attached hydrogens (tertiary/aromatic N) is 2. The Kier molecular flexibility index (Phi) is 8.12. The summed E-state index contributed by atoms with van der Waals surface area (Å²) in [6, 6.07) is 13.1. The third-order valence-electron chi connectivity index (χ3n) is 5.26. The van der Waals surface area contributed by atoms with Gasteiger partial charge in [0.25, 0.3) is 0 Å². The number of piperazine rings is 1. The second-order valence-electron chi connectivity index (χ2n) is 7.33. The minimum Gasteiger partial charge on any atom is -0.497 e. The summed E-state index contributed by atoms with van der Waals surface area (Å²) in [4.78, 5) is 0.0702. The van der Waals surface area contributed by atoms with Gasteiger partial charge in [-0.2, -0.15) is 8.61 Å². The SMILES string of the molecule is COc1ccc(S(=O)(=O)N(CCS(=O)(=O)N2CCNCC2)Cc2cccc(OC)c2)cc1. The van der Waals surface area contributed by atoms with E-state index in [0.717, 1.165) is 0 Å². The third-order valence-corrected chi connectivity index (χ3v) is 8.97. The summed E-state index contributed by atoms with van der Waals surface area (Å²) in [5.74, 6) is 0.828. The standard InChI is InChI=1S/C21H29N3O6S2/c1-29-19-6-8-21(9-7-19)32(27,28)24(17-18-4-3-5-20(16-18)30-2)14-15-31(25,26)23-12-10-22-11-13-23/h3-9,16,22H,10-15,17H2,1-2H3. The zero-order chi connectivity index (χ0) is 23.2. The van der Waals surface area contributed by atoms with Gasteiger partial charge < -0.3 is 14.8 Å². The molecule has 1 aliphatic heterocycles. The monoisotopic (exact) mass is 483 g/mol. The van der Waals surface area contributed by atoms with Gasteiger partial charge in [0.15, 0.2) is 0 Å². The molecule has 3 rings (SSSR count). The van der Waals surface area contributed by atoms with E-state index in [1.54, 1.807) is 36.4 Å². The Bertz CT molecular complexity index is 1100. The normalized spacial score (nSPS) is 15.6. The Morgan fingerprint density at radius 3 is 2.22 bits per heavy atom. The summed E-state index contributed by atoms with van der Waals surface area (Å²) in [5.41, 5.74) is 0.695. The van der Waals surface area contributed by atoms with Crippen LogP contribution in [0.2, 0.25) is 0 Å². The highest BCUT2D eigenvalue weighted by molar-refractivity contribution is 7.90. The number of ether oxygens (including phenoxy) is 2. The quantitative estimate of drug-likeness (QED) is 0.540. The molecule has 1 aliphatic rings. The van der Waals surface area contributed by atoms with Crippen molar-refractivity contribution in [3.8, 4) is 11.5 Å². The van der Waals surface area contributed by atoms with Crippen LogP contribution in [0, 0.1) is 0 Å². The van der Waals surface area contributed by atoms with Crippen molar-refractivity contribution < 1.29 is 26.3 Å². The van der Waals surface area contributed by atoms with E-state index in [4.69, 9.17) is 9.47 Å². The molecular formula is C21H29N3O6S2. The van der Waals surface area contributed by atoms with Crippen LogP contribution in [-0.2, 0) is 26.6 Å². The van der Waals surface area contributed by atoms with Crippen molar-refractivity contribution in [2.45, 2.75) is 11.4 Å². The van der Waals surface area contributed by atoms with Crippen LogP contribution in [-0.4, -0.2) is 78.1 Å². The molecule has 2 aromatic carbocycles.